The van der Waals surface area contributed by atoms with Gasteiger partial charge in [0, 0.05) is 34.9 Å². The van der Waals surface area contributed by atoms with E-state index in [0.29, 0.717) is 16.8 Å². The van der Waals surface area contributed by atoms with Crippen LogP contribution < -0.4 is 10.2 Å². The molecule has 1 amide bonds. The van der Waals surface area contributed by atoms with E-state index >= 15 is 0 Å². The quantitative estimate of drug-likeness (QED) is 0.429. The van der Waals surface area contributed by atoms with E-state index in [9.17, 15) is 4.79 Å². The second-order valence-electron chi connectivity index (χ2n) is 7.23. The monoisotopic (exact) mass is 420 g/mol. The number of anilines is 2. The van der Waals surface area contributed by atoms with Gasteiger partial charge in [-0.1, -0.05) is 30.0 Å². The molecule has 0 spiro atoms. The van der Waals surface area contributed by atoms with Crippen molar-refractivity contribution in [1.82, 2.24) is 20.2 Å². The Morgan fingerprint density at radius 2 is 1.90 bits per heavy atom. The van der Waals surface area contributed by atoms with Crippen LogP contribution in [0.4, 0.5) is 11.4 Å². The van der Waals surface area contributed by atoms with Crippen molar-refractivity contribution >= 4 is 51.1 Å². The molecular weight excluding hydrogens is 396 g/mol. The van der Waals surface area contributed by atoms with Crippen molar-refractivity contribution in [2.75, 3.05) is 22.5 Å². The van der Waals surface area contributed by atoms with Crippen LogP contribution in [0.15, 0.2) is 53.7 Å². The molecule has 7 nitrogen and oxygen atoms in total. The van der Waals surface area contributed by atoms with Gasteiger partial charge in [-0.2, -0.15) is 0 Å². The lowest BCUT2D eigenvalue weighted by molar-refractivity contribution is -0.113. The van der Waals surface area contributed by atoms with Gasteiger partial charge in [0.25, 0.3) is 0 Å². The second kappa shape index (κ2) is 8.71. The number of hydrogen-bond donors (Lipinski definition) is 2. The number of hydrogen-bond acceptors (Lipinski definition) is 6. The van der Waals surface area contributed by atoms with Gasteiger partial charge < -0.3 is 15.2 Å². The Morgan fingerprint density at radius 1 is 1.13 bits per heavy atom. The highest BCUT2D eigenvalue weighted by Crippen LogP contribution is 2.24. The Morgan fingerprint density at radius 3 is 2.63 bits per heavy atom. The third kappa shape index (κ3) is 4.23. The van der Waals surface area contributed by atoms with Crippen LogP contribution in [0.25, 0.3) is 22.1 Å². The molecule has 0 saturated carbocycles. The second-order valence-corrected chi connectivity index (χ2v) is 8.17. The number of para-hydroxylation sites is 1. The summed E-state index contributed by atoms with van der Waals surface area (Å²) in [5, 5.41) is 12.8. The van der Waals surface area contributed by atoms with Gasteiger partial charge in [-0.05, 0) is 51.1 Å². The lowest BCUT2D eigenvalue weighted by atomic mass is 10.2. The van der Waals surface area contributed by atoms with Gasteiger partial charge in [-0.25, -0.2) is 4.98 Å². The van der Waals surface area contributed by atoms with Gasteiger partial charge in [0.1, 0.15) is 5.52 Å². The molecule has 0 atom stereocenters. The molecule has 2 aromatic carbocycles. The Hall–Kier alpha value is -3.13. The van der Waals surface area contributed by atoms with E-state index in [2.05, 4.69) is 51.2 Å². The Labute approximate surface area is 179 Å². The maximum Gasteiger partial charge on any atom is 0.234 e. The first-order chi connectivity index (χ1) is 14.5. The molecule has 0 fully saturated rings. The number of nitrogens with zero attached hydrogens (tertiary/aromatic N) is 4. The first-order valence-corrected chi connectivity index (χ1v) is 10.9. The SMILES string of the molecule is CCN(c1ccc(NC(=O)CSc2nnc3c(n2)[nH]c2ccccc23)cc1)C(C)C. The molecule has 4 aromatic rings. The van der Waals surface area contributed by atoms with E-state index in [1.54, 1.807) is 0 Å². The summed E-state index contributed by atoms with van der Waals surface area (Å²) in [5.41, 5.74) is 4.30. The maximum atomic E-state index is 12.3. The van der Waals surface area contributed by atoms with Crippen LogP contribution in [0.3, 0.4) is 0 Å². The predicted molar refractivity (Wildman–Crippen MR) is 123 cm³/mol. The lowest BCUT2D eigenvalue weighted by Crippen LogP contribution is -2.30. The minimum atomic E-state index is -0.107. The van der Waals surface area contributed by atoms with Crippen molar-refractivity contribution in [2.24, 2.45) is 0 Å². The molecule has 2 heterocycles. The van der Waals surface area contributed by atoms with Gasteiger partial charge in [0.05, 0.1) is 5.75 Å². The number of fused-ring (bicyclic) bond motifs is 3. The van der Waals surface area contributed by atoms with Gasteiger partial charge in [0.15, 0.2) is 5.65 Å². The summed E-state index contributed by atoms with van der Waals surface area (Å²) >= 11 is 1.26. The number of thioether (sulfide) groups is 1. The van der Waals surface area contributed by atoms with Crippen LogP contribution in [0.1, 0.15) is 20.8 Å². The van der Waals surface area contributed by atoms with E-state index < -0.39 is 0 Å². The smallest absolute Gasteiger partial charge is 0.234 e. The van der Waals surface area contributed by atoms with Crippen molar-refractivity contribution in [3.05, 3.63) is 48.5 Å². The van der Waals surface area contributed by atoms with Crippen molar-refractivity contribution < 1.29 is 4.79 Å². The summed E-state index contributed by atoms with van der Waals surface area (Å²) in [6.45, 7) is 7.41. The maximum absolute atomic E-state index is 12.3. The number of nitrogens with one attached hydrogen (secondary N) is 2. The van der Waals surface area contributed by atoms with Crippen LogP contribution in [-0.2, 0) is 4.79 Å². The third-order valence-electron chi connectivity index (χ3n) is 4.88. The number of benzene rings is 2. The fourth-order valence-electron chi connectivity index (χ4n) is 3.48. The van der Waals surface area contributed by atoms with Gasteiger partial charge in [-0.3, -0.25) is 4.79 Å². The average molecular weight is 421 g/mol. The van der Waals surface area contributed by atoms with E-state index in [1.807, 2.05) is 48.5 Å². The molecular formula is C22H24N6OS. The highest BCUT2D eigenvalue weighted by atomic mass is 32.2. The highest BCUT2D eigenvalue weighted by molar-refractivity contribution is 7.99. The van der Waals surface area contributed by atoms with E-state index in [-0.39, 0.29) is 11.7 Å². The van der Waals surface area contributed by atoms with Crippen molar-refractivity contribution in [3.8, 4) is 0 Å². The first-order valence-electron chi connectivity index (χ1n) is 9.95. The molecule has 30 heavy (non-hydrogen) atoms. The number of carbonyl (C=O) groups excluding carboxylic acids is 1. The standard InChI is InChI=1S/C22H24N6OS/c1-4-28(14(2)3)16-11-9-15(10-12-16)23-19(29)13-30-22-25-21-20(26-27-22)17-7-5-6-8-18(17)24-21/h5-12,14H,4,13H2,1-3H3,(H,23,29)(H,24,25,27). The molecule has 0 bridgehead atoms. The van der Waals surface area contributed by atoms with Gasteiger partial charge in [-0.15, -0.1) is 10.2 Å². The Balaban J connectivity index is 1.38. The summed E-state index contributed by atoms with van der Waals surface area (Å²) in [6, 6.07) is 16.2. The van der Waals surface area contributed by atoms with Crippen LogP contribution in [0.2, 0.25) is 0 Å². The molecule has 0 unspecified atom stereocenters. The molecule has 2 N–H and O–H groups in total. The number of aromatic amines is 1. The summed E-state index contributed by atoms with van der Waals surface area (Å²) in [7, 11) is 0. The van der Waals surface area contributed by atoms with E-state index in [4.69, 9.17) is 0 Å². The number of carbonyl (C=O) groups is 1. The zero-order valence-electron chi connectivity index (χ0n) is 17.2. The van der Waals surface area contributed by atoms with Crippen LogP contribution >= 0.6 is 11.8 Å². The number of aromatic nitrogens is 4. The molecule has 0 aliphatic rings. The Kier molecular flexibility index (Phi) is 5.85. The lowest BCUT2D eigenvalue weighted by Gasteiger charge is -2.27. The molecule has 154 valence electrons. The summed E-state index contributed by atoms with van der Waals surface area (Å²) in [5.74, 6) is 0.103. The zero-order valence-corrected chi connectivity index (χ0v) is 18.0. The van der Waals surface area contributed by atoms with Gasteiger partial charge in [0.2, 0.25) is 11.1 Å². The summed E-state index contributed by atoms with van der Waals surface area (Å²) in [6.07, 6.45) is 0. The van der Waals surface area contributed by atoms with Crippen LogP contribution in [0, 0.1) is 0 Å². The number of amides is 1. The minimum Gasteiger partial charge on any atom is -0.369 e. The fourth-order valence-corrected chi connectivity index (χ4v) is 4.06. The van der Waals surface area contributed by atoms with Crippen LogP contribution in [-0.4, -0.2) is 44.4 Å². The van der Waals surface area contributed by atoms with Crippen molar-refractivity contribution in [3.63, 3.8) is 0 Å². The van der Waals surface area contributed by atoms with Crippen molar-refractivity contribution in [1.29, 1.82) is 0 Å². The molecule has 2 aromatic heterocycles. The molecule has 0 radical (unpaired) electrons. The number of H-pyrrole nitrogens is 1. The highest BCUT2D eigenvalue weighted by Gasteiger charge is 2.12. The van der Waals surface area contributed by atoms with Gasteiger partial charge >= 0.3 is 0 Å². The summed E-state index contributed by atoms with van der Waals surface area (Å²) < 4.78 is 0. The van der Waals surface area contributed by atoms with E-state index in [1.165, 1.54) is 11.8 Å². The predicted octanol–water partition coefficient (Wildman–Crippen LogP) is 4.47. The van der Waals surface area contributed by atoms with Crippen molar-refractivity contribution in [2.45, 2.75) is 32.0 Å². The Bertz CT molecular complexity index is 1170. The topological polar surface area (TPSA) is 86.8 Å². The van der Waals surface area contributed by atoms with E-state index in [0.717, 1.165) is 34.3 Å². The minimum absolute atomic E-state index is 0.107. The molecule has 0 saturated heterocycles. The molecule has 4 rings (SSSR count). The fraction of sp³-hybridized carbons (Fsp3) is 0.273. The van der Waals surface area contributed by atoms with Crippen LogP contribution in [0.5, 0.6) is 0 Å². The molecule has 0 aliphatic heterocycles. The third-order valence-corrected chi connectivity index (χ3v) is 5.72. The largest absolute Gasteiger partial charge is 0.369 e. The first kappa shape index (κ1) is 20.2. The summed E-state index contributed by atoms with van der Waals surface area (Å²) in [4.78, 5) is 22.4. The molecule has 0 aliphatic carbocycles. The number of rotatable bonds is 7. The average Bonchev–Trinajstić information content (AvgIpc) is 3.11. The normalized spacial score (nSPS) is 11.3. The molecule has 8 heteroatoms. The zero-order chi connectivity index (χ0) is 21.1.